The van der Waals surface area contributed by atoms with Gasteiger partial charge >= 0.3 is 5.97 Å². The van der Waals surface area contributed by atoms with Gasteiger partial charge in [-0.25, -0.2) is 9.78 Å². The Hall–Kier alpha value is -2.41. The minimum absolute atomic E-state index is 0.329. The number of carbonyl (C=O) groups excluding carboxylic acids is 2. The van der Waals surface area contributed by atoms with Crippen LogP contribution in [0.5, 0.6) is 0 Å². The van der Waals surface area contributed by atoms with Gasteiger partial charge < -0.3 is 19.4 Å². The lowest BCUT2D eigenvalue weighted by atomic mass is 9.99. The summed E-state index contributed by atoms with van der Waals surface area (Å²) >= 11 is 0. The predicted octanol–water partition coefficient (Wildman–Crippen LogP) is 2.92. The first-order chi connectivity index (χ1) is 12.7. The Morgan fingerprint density at radius 2 is 2.04 bits per heavy atom. The zero-order valence-electron chi connectivity index (χ0n) is 16.7. The third-order valence-electron chi connectivity index (χ3n) is 4.13. The molecule has 148 valence electrons. The molecule has 2 aromatic rings. The Morgan fingerprint density at radius 1 is 1.30 bits per heavy atom. The van der Waals surface area contributed by atoms with Crippen LogP contribution in [0.25, 0.3) is 11.0 Å². The smallest absolute Gasteiger partial charge is 0.338 e. The molecule has 2 rings (SSSR count). The van der Waals surface area contributed by atoms with Crippen LogP contribution in [0, 0.1) is 0 Å². The van der Waals surface area contributed by atoms with E-state index in [9.17, 15) is 9.59 Å². The zero-order chi connectivity index (χ0) is 20.1. The molecule has 27 heavy (non-hydrogen) atoms. The summed E-state index contributed by atoms with van der Waals surface area (Å²) in [5.41, 5.74) is 1.33. The van der Waals surface area contributed by atoms with E-state index in [-0.39, 0.29) is 11.6 Å². The summed E-state index contributed by atoms with van der Waals surface area (Å²) < 4.78 is 13.3. The van der Waals surface area contributed by atoms with E-state index < -0.39 is 5.60 Å². The standard InChI is InChI=1S/C20H29N3O4/c1-6-26-18(25)15-7-8-17-16(11-15)22-13-23(17)10-9-20(5,12-21-14-24)27-19(2,3)4/h7-8,11,13-14H,6,9-10,12H2,1-5H3,(H,21,24). The number of aromatic nitrogens is 2. The highest BCUT2D eigenvalue weighted by molar-refractivity contribution is 5.93. The van der Waals surface area contributed by atoms with Crippen LogP contribution < -0.4 is 5.32 Å². The van der Waals surface area contributed by atoms with Gasteiger partial charge in [-0.3, -0.25) is 4.79 Å². The van der Waals surface area contributed by atoms with Crippen molar-refractivity contribution in [1.82, 2.24) is 14.9 Å². The fraction of sp³-hybridized carbons (Fsp3) is 0.550. The minimum atomic E-state index is -0.513. The van der Waals surface area contributed by atoms with Crippen LogP contribution in [-0.2, 0) is 20.8 Å². The highest BCUT2D eigenvalue weighted by Gasteiger charge is 2.30. The molecule has 0 bridgehead atoms. The van der Waals surface area contributed by atoms with Gasteiger partial charge in [0.1, 0.15) is 0 Å². The van der Waals surface area contributed by atoms with Crippen molar-refractivity contribution in [3.05, 3.63) is 30.1 Å². The number of ether oxygens (including phenoxy) is 2. The monoisotopic (exact) mass is 375 g/mol. The molecule has 1 amide bonds. The average molecular weight is 375 g/mol. The molecule has 0 saturated heterocycles. The SMILES string of the molecule is CCOC(=O)c1ccc2c(c1)ncn2CCC(C)(CNC=O)OC(C)(C)C. The van der Waals surface area contributed by atoms with Crippen molar-refractivity contribution in [3.8, 4) is 0 Å². The molecular formula is C20H29N3O4. The van der Waals surface area contributed by atoms with Gasteiger partial charge in [-0.15, -0.1) is 0 Å². The van der Waals surface area contributed by atoms with E-state index in [1.54, 1.807) is 25.4 Å². The number of aryl methyl sites for hydroxylation is 1. The van der Waals surface area contributed by atoms with E-state index in [1.165, 1.54) is 0 Å². The molecule has 1 aromatic heterocycles. The van der Waals surface area contributed by atoms with Gasteiger partial charge in [-0.2, -0.15) is 0 Å². The molecular weight excluding hydrogens is 346 g/mol. The fourth-order valence-electron chi connectivity index (χ4n) is 3.11. The van der Waals surface area contributed by atoms with Gasteiger partial charge in [0.15, 0.2) is 0 Å². The fourth-order valence-corrected chi connectivity index (χ4v) is 3.11. The van der Waals surface area contributed by atoms with Gasteiger partial charge in [-0.1, -0.05) is 0 Å². The van der Waals surface area contributed by atoms with E-state index in [4.69, 9.17) is 9.47 Å². The number of carbonyl (C=O) groups is 2. The second-order valence-corrected chi connectivity index (χ2v) is 7.78. The van der Waals surface area contributed by atoms with Crippen LogP contribution in [0.1, 0.15) is 51.4 Å². The van der Waals surface area contributed by atoms with Gasteiger partial charge in [-0.05, 0) is 59.2 Å². The third kappa shape index (κ3) is 5.79. The van der Waals surface area contributed by atoms with Crippen molar-refractivity contribution in [2.75, 3.05) is 13.2 Å². The first-order valence-electron chi connectivity index (χ1n) is 9.17. The second-order valence-electron chi connectivity index (χ2n) is 7.78. The first kappa shape index (κ1) is 20.9. The summed E-state index contributed by atoms with van der Waals surface area (Å²) in [5, 5.41) is 2.73. The number of esters is 1. The maximum Gasteiger partial charge on any atom is 0.338 e. The zero-order valence-corrected chi connectivity index (χ0v) is 16.7. The molecule has 7 heteroatoms. The summed E-state index contributed by atoms with van der Waals surface area (Å²) in [5.74, 6) is -0.347. The average Bonchev–Trinajstić information content (AvgIpc) is 2.99. The number of imidazole rings is 1. The molecule has 0 radical (unpaired) electrons. The molecule has 1 N–H and O–H groups in total. The molecule has 0 saturated carbocycles. The molecule has 0 fully saturated rings. The van der Waals surface area contributed by atoms with Crippen LogP contribution in [0.4, 0.5) is 0 Å². The highest BCUT2D eigenvalue weighted by atomic mass is 16.5. The van der Waals surface area contributed by atoms with Gasteiger partial charge in [0, 0.05) is 13.1 Å². The summed E-state index contributed by atoms with van der Waals surface area (Å²) in [7, 11) is 0. The van der Waals surface area contributed by atoms with Crippen molar-refractivity contribution < 1.29 is 19.1 Å². The first-order valence-corrected chi connectivity index (χ1v) is 9.17. The van der Waals surface area contributed by atoms with Crippen molar-refractivity contribution >= 4 is 23.4 Å². The van der Waals surface area contributed by atoms with Crippen molar-refractivity contribution in [2.24, 2.45) is 0 Å². The van der Waals surface area contributed by atoms with Gasteiger partial charge in [0.25, 0.3) is 0 Å². The summed E-state index contributed by atoms with van der Waals surface area (Å²) in [6, 6.07) is 5.36. The number of fused-ring (bicyclic) bond motifs is 1. The Kier molecular flexibility index (Phi) is 6.59. The lowest BCUT2D eigenvalue weighted by molar-refractivity contribution is -0.130. The third-order valence-corrected chi connectivity index (χ3v) is 4.13. The van der Waals surface area contributed by atoms with Crippen molar-refractivity contribution in [3.63, 3.8) is 0 Å². The second kappa shape index (κ2) is 8.52. The van der Waals surface area contributed by atoms with Crippen LogP contribution in [0.15, 0.2) is 24.5 Å². The maximum atomic E-state index is 11.9. The van der Waals surface area contributed by atoms with E-state index in [0.29, 0.717) is 38.1 Å². The van der Waals surface area contributed by atoms with Crippen molar-refractivity contribution in [1.29, 1.82) is 0 Å². The van der Waals surface area contributed by atoms with Crippen molar-refractivity contribution in [2.45, 2.75) is 58.8 Å². The minimum Gasteiger partial charge on any atom is -0.462 e. The highest BCUT2D eigenvalue weighted by Crippen LogP contribution is 2.25. The van der Waals surface area contributed by atoms with Crippen LogP contribution in [0.3, 0.4) is 0 Å². The quantitative estimate of drug-likeness (QED) is 0.538. The Bertz CT molecular complexity index is 794. The Balaban J connectivity index is 2.16. The molecule has 1 unspecified atom stereocenters. The van der Waals surface area contributed by atoms with E-state index >= 15 is 0 Å². The topological polar surface area (TPSA) is 82.5 Å². The largest absolute Gasteiger partial charge is 0.462 e. The van der Waals surface area contributed by atoms with Crippen LogP contribution in [-0.4, -0.2) is 46.3 Å². The maximum absolute atomic E-state index is 11.9. The normalized spacial score (nSPS) is 14.0. The number of hydrogen-bond donors (Lipinski definition) is 1. The lowest BCUT2D eigenvalue weighted by Crippen LogP contribution is -2.45. The number of rotatable bonds is 9. The molecule has 0 spiro atoms. The van der Waals surface area contributed by atoms with E-state index in [2.05, 4.69) is 10.3 Å². The number of hydrogen-bond acceptors (Lipinski definition) is 5. The summed E-state index contributed by atoms with van der Waals surface area (Å²) in [6.07, 6.45) is 3.13. The molecule has 0 aliphatic carbocycles. The van der Waals surface area contributed by atoms with Crippen LogP contribution >= 0.6 is 0 Å². The molecule has 7 nitrogen and oxygen atoms in total. The number of amides is 1. The number of nitrogens with zero attached hydrogens (tertiary/aromatic N) is 2. The molecule has 1 heterocycles. The summed E-state index contributed by atoms with van der Waals surface area (Å²) in [4.78, 5) is 27.0. The number of benzene rings is 1. The Morgan fingerprint density at radius 3 is 2.67 bits per heavy atom. The van der Waals surface area contributed by atoms with E-state index in [0.717, 1.165) is 11.0 Å². The van der Waals surface area contributed by atoms with Gasteiger partial charge in [0.05, 0.1) is 40.7 Å². The number of nitrogens with one attached hydrogen (secondary N) is 1. The van der Waals surface area contributed by atoms with Gasteiger partial charge in [0.2, 0.25) is 6.41 Å². The Labute approximate surface area is 160 Å². The molecule has 1 aromatic carbocycles. The molecule has 1 atom stereocenters. The van der Waals surface area contributed by atoms with Crippen LogP contribution in [0.2, 0.25) is 0 Å². The molecule has 0 aliphatic heterocycles. The summed E-state index contributed by atoms with van der Waals surface area (Å²) in [6.45, 7) is 11.2. The predicted molar refractivity (Wildman–Crippen MR) is 104 cm³/mol. The lowest BCUT2D eigenvalue weighted by Gasteiger charge is -2.36. The van der Waals surface area contributed by atoms with E-state index in [1.807, 2.05) is 38.3 Å². The molecule has 0 aliphatic rings.